The van der Waals surface area contributed by atoms with Crippen LogP contribution in [-0.4, -0.2) is 5.71 Å². The van der Waals surface area contributed by atoms with E-state index in [0.717, 1.165) is 28.1 Å². The van der Waals surface area contributed by atoms with Crippen LogP contribution in [-0.2, 0) is 0 Å². The third-order valence-electron chi connectivity index (χ3n) is 9.53. The molecule has 0 atom stereocenters. The molecule has 0 fully saturated rings. The molecule has 0 spiro atoms. The predicted octanol–water partition coefficient (Wildman–Crippen LogP) is 13.1. The predicted molar refractivity (Wildman–Crippen MR) is 209 cm³/mol. The normalized spacial score (nSPS) is 12.6. The van der Waals surface area contributed by atoms with Crippen LogP contribution in [0.2, 0.25) is 0 Å². The Kier molecular flexibility index (Phi) is 6.77. The maximum atomic E-state index is 5.05. The molecule has 7 aromatic carbocycles. The number of fused-ring (bicyclic) bond motifs is 3. The molecule has 0 aliphatic heterocycles. The first-order chi connectivity index (χ1) is 23.6. The van der Waals surface area contributed by atoms with Crippen LogP contribution in [0.5, 0.6) is 0 Å². The summed E-state index contributed by atoms with van der Waals surface area (Å²) >= 11 is 1.91. The summed E-state index contributed by atoms with van der Waals surface area (Å²) in [6.45, 7) is 6.49. The minimum atomic E-state index is 0.744. The van der Waals surface area contributed by atoms with Gasteiger partial charge in [-0.05, 0) is 86.5 Å². The van der Waals surface area contributed by atoms with Crippen LogP contribution in [0.1, 0.15) is 23.6 Å². The van der Waals surface area contributed by atoms with E-state index in [1.54, 1.807) is 0 Å². The van der Waals surface area contributed by atoms with E-state index in [4.69, 9.17) is 4.99 Å². The van der Waals surface area contributed by atoms with Crippen molar-refractivity contribution in [1.29, 1.82) is 0 Å². The Morgan fingerprint density at radius 1 is 0.542 bits per heavy atom. The van der Waals surface area contributed by atoms with Gasteiger partial charge in [0, 0.05) is 31.3 Å². The lowest BCUT2D eigenvalue weighted by atomic mass is 9.91. The Morgan fingerprint density at radius 2 is 1.15 bits per heavy atom. The van der Waals surface area contributed by atoms with E-state index >= 15 is 0 Å². The molecule has 0 unspecified atom stereocenters. The van der Waals surface area contributed by atoms with E-state index in [1.165, 1.54) is 69.9 Å². The molecule has 226 valence electrons. The smallest absolute Gasteiger partial charge is 0.0712 e. The van der Waals surface area contributed by atoms with Gasteiger partial charge in [0.25, 0.3) is 0 Å². The average Bonchev–Trinajstić information content (AvgIpc) is 3.49. The minimum absolute atomic E-state index is 0.744. The van der Waals surface area contributed by atoms with Gasteiger partial charge in [-0.1, -0.05) is 140 Å². The molecule has 2 heteroatoms. The second-order valence-electron chi connectivity index (χ2n) is 12.4. The minimum Gasteiger partial charge on any atom is -0.248 e. The molecule has 1 aliphatic rings. The third-order valence-corrected chi connectivity index (χ3v) is 10.7. The lowest BCUT2D eigenvalue weighted by molar-refractivity contribution is 1.49. The van der Waals surface area contributed by atoms with Gasteiger partial charge in [-0.25, -0.2) is 4.99 Å². The second-order valence-corrected chi connectivity index (χ2v) is 13.5. The number of thiophene rings is 1. The van der Waals surface area contributed by atoms with E-state index in [-0.39, 0.29) is 0 Å². The number of nitrogens with zero attached hydrogens (tertiary/aromatic N) is 1. The van der Waals surface area contributed by atoms with Crippen LogP contribution in [0, 0.1) is 0 Å². The molecular formula is C46H31NS. The summed E-state index contributed by atoms with van der Waals surface area (Å²) in [5.74, 6) is 0. The Balaban J connectivity index is 1.22. The van der Waals surface area contributed by atoms with Crippen LogP contribution in [0.4, 0.5) is 0 Å². The van der Waals surface area contributed by atoms with Crippen molar-refractivity contribution in [3.63, 3.8) is 0 Å². The number of rotatable bonds is 6. The lowest BCUT2D eigenvalue weighted by Crippen LogP contribution is -1.99. The largest absolute Gasteiger partial charge is 0.248 e. The zero-order valence-corrected chi connectivity index (χ0v) is 27.4. The lowest BCUT2D eigenvalue weighted by Gasteiger charge is -2.13. The number of allylic oxidation sites excluding steroid dienone is 2. The first-order valence-corrected chi connectivity index (χ1v) is 17.1. The quantitative estimate of drug-likeness (QED) is 0.162. The Morgan fingerprint density at radius 3 is 1.90 bits per heavy atom. The van der Waals surface area contributed by atoms with Gasteiger partial charge >= 0.3 is 0 Å². The monoisotopic (exact) mass is 629 g/mol. The SMILES string of the molecule is C=C(N=C(/C=C(\C)c1cccc(-c2cc3cccc4c3c3c2sc2cccc(c23)-c2ccccc2-4)c1)c1ccccc1)c1ccccc1. The highest BCUT2D eigenvalue weighted by Gasteiger charge is 2.24. The van der Waals surface area contributed by atoms with Gasteiger partial charge in [0.2, 0.25) is 0 Å². The van der Waals surface area contributed by atoms with Gasteiger partial charge in [-0.2, -0.15) is 0 Å². The summed E-state index contributed by atoms with van der Waals surface area (Å²) in [6.07, 6.45) is 2.19. The maximum absolute atomic E-state index is 5.05. The van der Waals surface area contributed by atoms with E-state index in [9.17, 15) is 0 Å². The van der Waals surface area contributed by atoms with Crippen LogP contribution < -0.4 is 0 Å². The van der Waals surface area contributed by atoms with Crippen LogP contribution in [0.3, 0.4) is 0 Å². The van der Waals surface area contributed by atoms with Crippen LogP contribution >= 0.6 is 11.3 Å². The summed E-state index contributed by atoms with van der Waals surface area (Å²) < 4.78 is 2.67. The highest BCUT2D eigenvalue weighted by molar-refractivity contribution is 7.26. The second kappa shape index (κ2) is 11.5. The molecule has 0 amide bonds. The van der Waals surface area contributed by atoms with Crippen molar-refractivity contribution in [3.05, 3.63) is 181 Å². The number of hydrogen-bond donors (Lipinski definition) is 0. The summed E-state index contributed by atoms with van der Waals surface area (Å²) in [5.41, 5.74) is 13.8. The first kappa shape index (κ1) is 28.4. The molecule has 0 saturated heterocycles. The van der Waals surface area contributed by atoms with Gasteiger partial charge < -0.3 is 0 Å². The molecule has 0 N–H and O–H groups in total. The molecule has 0 saturated carbocycles. The first-order valence-electron chi connectivity index (χ1n) is 16.3. The fraction of sp³-hybridized carbons (Fsp3) is 0.0217. The highest BCUT2D eigenvalue weighted by Crippen LogP contribution is 2.52. The van der Waals surface area contributed by atoms with E-state index in [0.29, 0.717) is 0 Å². The van der Waals surface area contributed by atoms with Crippen LogP contribution in [0.25, 0.3) is 75.6 Å². The summed E-state index contributed by atoms with van der Waals surface area (Å²) in [4.78, 5) is 5.05. The molecule has 0 bridgehead atoms. The van der Waals surface area contributed by atoms with Crippen molar-refractivity contribution < 1.29 is 0 Å². The molecular weight excluding hydrogens is 599 g/mol. The van der Waals surface area contributed by atoms with Crippen LogP contribution in [0.15, 0.2) is 169 Å². The molecule has 1 aromatic heterocycles. The summed E-state index contributed by atoms with van der Waals surface area (Å²) in [7, 11) is 0. The molecule has 48 heavy (non-hydrogen) atoms. The topological polar surface area (TPSA) is 12.4 Å². The van der Waals surface area contributed by atoms with Crippen molar-refractivity contribution in [3.8, 4) is 33.4 Å². The molecule has 1 heterocycles. The molecule has 9 rings (SSSR count). The van der Waals surface area contributed by atoms with Crippen molar-refractivity contribution in [2.24, 2.45) is 4.99 Å². The van der Waals surface area contributed by atoms with Crippen molar-refractivity contribution in [2.75, 3.05) is 0 Å². The standard InChI is InChI=1S/C46H31NS/c1-29(26-41(32-16-7-4-8-17-32)47-30(2)31-14-5-3-6-15-31)33-18-11-19-34(27-33)40-28-35-20-12-23-38-36-21-9-10-22-37(36)39-24-13-25-42-44(39)45(43(35)38)46(40)48-42/h3-28H,2H2,1H3/b29-26+,47-41?. The molecule has 1 nitrogen and oxygen atoms in total. The summed E-state index contributed by atoms with van der Waals surface area (Å²) in [5, 5.41) is 5.38. The van der Waals surface area contributed by atoms with Gasteiger partial charge in [0.15, 0.2) is 0 Å². The van der Waals surface area contributed by atoms with Gasteiger partial charge in [0.1, 0.15) is 0 Å². The van der Waals surface area contributed by atoms with E-state index in [2.05, 4.69) is 147 Å². The Labute approximate surface area is 284 Å². The fourth-order valence-electron chi connectivity index (χ4n) is 7.23. The molecule has 8 aromatic rings. The van der Waals surface area contributed by atoms with E-state index < -0.39 is 0 Å². The Hall–Kier alpha value is -5.83. The van der Waals surface area contributed by atoms with Crippen molar-refractivity contribution >= 4 is 59.3 Å². The third kappa shape index (κ3) is 4.65. The maximum Gasteiger partial charge on any atom is 0.0712 e. The van der Waals surface area contributed by atoms with Gasteiger partial charge in [-0.15, -0.1) is 11.3 Å². The van der Waals surface area contributed by atoms with Crippen molar-refractivity contribution in [1.82, 2.24) is 0 Å². The number of benzene rings is 7. The van der Waals surface area contributed by atoms with Gasteiger partial charge in [0.05, 0.1) is 11.4 Å². The Bertz CT molecular complexity index is 2600. The van der Waals surface area contributed by atoms with Gasteiger partial charge in [-0.3, -0.25) is 0 Å². The van der Waals surface area contributed by atoms with Crippen molar-refractivity contribution in [2.45, 2.75) is 6.92 Å². The average molecular weight is 630 g/mol. The van der Waals surface area contributed by atoms with E-state index in [1.807, 2.05) is 35.6 Å². The summed E-state index contributed by atoms with van der Waals surface area (Å²) in [6, 6.07) is 54.4. The number of hydrogen-bond acceptors (Lipinski definition) is 2. The zero-order chi connectivity index (χ0) is 32.2. The molecule has 1 aliphatic carbocycles. The molecule has 0 radical (unpaired) electrons. The number of aliphatic imine (C=N–C) groups is 1. The zero-order valence-electron chi connectivity index (χ0n) is 26.6. The fourth-order valence-corrected chi connectivity index (χ4v) is 8.51. The highest BCUT2D eigenvalue weighted by atomic mass is 32.1.